The Morgan fingerprint density at radius 1 is 1.20 bits per heavy atom. The SMILES string of the molecule is CCN(c1cccc(F)c1)c1ccc([C@@H](C)O)c(Br)c1. The summed E-state index contributed by atoms with van der Waals surface area (Å²) in [7, 11) is 0. The molecular weight excluding hydrogens is 321 g/mol. The van der Waals surface area contributed by atoms with Crippen LogP contribution in [0.3, 0.4) is 0 Å². The minimum absolute atomic E-state index is 0.249. The zero-order chi connectivity index (χ0) is 14.7. The van der Waals surface area contributed by atoms with Gasteiger partial charge < -0.3 is 10.0 Å². The number of hydrogen-bond donors (Lipinski definition) is 1. The molecule has 0 heterocycles. The van der Waals surface area contributed by atoms with Gasteiger partial charge in [-0.3, -0.25) is 0 Å². The summed E-state index contributed by atoms with van der Waals surface area (Å²) in [6, 6.07) is 12.3. The van der Waals surface area contributed by atoms with Gasteiger partial charge in [0.05, 0.1) is 6.10 Å². The number of rotatable bonds is 4. The summed E-state index contributed by atoms with van der Waals surface area (Å²) < 4.78 is 14.2. The van der Waals surface area contributed by atoms with E-state index in [9.17, 15) is 9.50 Å². The average molecular weight is 338 g/mol. The third-order valence-electron chi connectivity index (χ3n) is 3.18. The molecule has 20 heavy (non-hydrogen) atoms. The second-order valence-corrected chi connectivity index (χ2v) is 5.46. The van der Waals surface area contributed by atoms with E-state index in [0.29, 0.717) is 0 Å². The van der Waals surface area contributed by atoms with Gasteiger partial charge in [-0.25, -0.2) is 4.39 Å². The fraction of sp³-hybridized carbons (Fsp3) is 0.250. The van der Waals surface area contributed by atoms with Gasteiger partial charge in [-0.2, -0.15) is 0 Å². The van der Waals surface area contributed by atoms with Gasteiger partial charge in [0.1, 0.15) is 5.82 Å². The molecule has 0 amide bonds. The molecule has 0 unspecified atom stereocenters. The number of nitrogens with zero attached hydrogens (tertiary/aromatic N) is 1. The van der Waals surface area contributed by atoms with Crippen LogP contribution in [-0.2, 0) is 0 Å². The molecule has 0 spiro atoms. The van der Waals surface area contributed by atoms with Gasteiger partial charge in [0.2, 0.25) is 0 Å². The van der Waals surface area contributed by atoms with Crippen molar-refractivity contribution >= 4 is 27.3 Å². The maximum Gasteiger partial charge on any atom is 0.125 e. The fourth-order valence-electron chi connectivity index (χ4n) is 2.18. The van der Waals surface area contributed by atoms with Crippen molar-refractivity contribution in [3.05, 3.63) is 58.3 Å². The fourth-order valence-corrected chi connectivity index (χ4v) is 2.88. The molecule has 0 aliphatic heterocycles. The third kappa shape index (κ3) is 3.19. The summed E-state index contributed by atoms with van der Waals surface area (Å²) in [5, 5.41) is 9.65. The molecule has 0 bridgehead atoms. The van der Waals surface area contributed by atoms with Gasteiger partial charge in [-0.1, -0.05) is 28.1 Å². The van der Waals surface area contributed by atoms with Crippen molar-refractivity contribution in [3.63, 3.8) is 0 Å². The molecule has 0 saturated carbocycles. The van der Waals surface area contributed by atoms with Crippen LogP contribution in [0, 0.1) is 5.82 Å². The highest BCUT2D eigenvalue weighted by molar-refractivity contribution is 9.10. The first-order chi connectivity index (χ1) is 9.52. The number of benzene rings is 2. The summed E-state index contributed by atoms with van der Waals surface area (Å²) in [5.74, 6) is -0.249. The summed E-state index contributed by atoms with van der Waals surface area (Å²) in [6.45, 7) is 4.47. The highest BCUT2D eigenvalue weighted by atomic mass is 79.9. The highest BCUT2D eigenvalue weighted by Gasteiger charge is 2.12. The van der Waals surface area contributed by atoms with Crippen LogP contribution in [0.15, 0.2) is 46.9 Å². The van der Waals surface area contributed by atoms with Gasteiger partial charge in [-0.15, -0.1) is 0 Å². The molecule has 0 aromatic heterocycles. The predicted octanol–water partition coefficient (Wildman–Crippen LogP) is 4.80. The molecule has 0 aliphatic carbocycles. The Kier molecular flexibility index (Phi) is 4.78. The number of halogens is 2. The number of aliphatic hydroxyl groups is 1. The summed E-state index contributed by atoms with van der Waals surface area (Å²) in [4.78, 5) is 2.01. The molecule has 2 aromatic rings. The predicted molar refractivity (Wildman–Crippen MR) is 83.9 cm³/mol. The monoisotopic (exact) mass is 337 g/mol. The molecule has 2 aromatic carbocycles. The Bertz CT molecular complexity index is 601. The van der Waals surface area contributed by atoms with Crippen LogP contribution in [0.1, 0.15) is 25.5 Å². The first-order valence-corrected chi connectivity index (χ1v) is 7.33. The molecule has 0 fully saturated rings. The van der Waals surface area contributed by atoms with E-state index in [4.69, 9.17) is 0 Å². The van der Waals surface area contributed by atoms with E-state index in [1.54, 1.807) is 13.0 Å². The van der Waals surface area contributed by atoms with Crippen molar-refractivity contribution in [3.8, 4) is 0 Å². The lowest BCUT2D eigenvalue weighted by Gasteiger charge is -2.24. The summed E-state index contributed by atoms with van der Waals surface area (Å²) in [6.07, 6.45) is -0.525. The Balaban J connectivity index is 2.40. The number of hydrogen-bond acceptors (Lipinski definition) is 2. The molecule has 2 nitrogen and oxygen atoms in total. The van der Waals surface area contributed by atoms with Crippen LogP contribution < -0.4 is 4.90 Å². The van der Waals surface area contributed by atoms with Crippen molar-refractivity contribution in [2.75, 3.05) is 11.4 Å². The lowest BCUT2D eigenvalue weighted by Crippen LogP contribution is -2.16. The molecular formula is C16H17BrFNO. The summed E-state index contributed by atoms with van der Waals surface area (Å²) in [5.41, 5.74) is 2.60. The zero-order valence-corrected chi connectivity index (χ0v) is 13.1. The maximum atomic E-state index is 13.4. The van der Waals surface area contributed by atoms with E-state index < -0.39 is 6.10 Å². The number of anilines is 2. The molecule has 2 rings (SSSR count). The smallest absolute Gasteiger partial charge is 0.125 e. The second kappa shape index (κ2) is 6.37. The highest BCUT2D eigenvalue weighted by Crippen LogP contribution is 2.31. The quantitative estimate of drug-likeness (QED) is 0.866. The first kappa shape index (κ1) is 15.0. The van der Waals surface area contributed by atoms with Gasteiger partial charge in [-0.05, 0) is 49.7 Å². The van der Waals surface area contributed by atoms with Gasteiger partial charge in [0.15, 0.2) is 0 Å². The minimum atomic E-state index is -0.525. The van der Waals surface area contributed by atoms with Crippen molar-refractivity contribution in [1.29, 1.82) is 0 Å². The molecule has 1 atom stereocenters. The van der Waals surface area contributed by atoms with E-state index in [2.05, 4.69) is 15.9 Å². The van der Waals surface area contributed by atoms with E-state index in [-0.39, 0.29) is 5.82 Å². The van der Waals surface area contributed by atoms with Crippen LogP contribution >= 0.6 is 15.9 Å². The Morgan fingerprint density at radius 3 is 2.45 bits per heavy atom. The summed E-state index contributed by atoms with van der Waals surface area (Å²) >= 11 is 3.47. The zero-order valence-electron chi connectivity index (χ0n) is 11.5. The second-order valence-electron chi connectivity index (χ2n) is 4.61. The van der Waals surface area contributed by atoms with Crippen molar-refractivity contribution < 1.29 is 9.50 Å². The van der Waals surface area contributed by atoms with E-state index in [1.165, 1.54) is 12.1 Å². The Morgan fingerprint density at radius 2 is 1.90 bits per heavy atom. The van der Waals surface area contributed by atoms with Gasteiger partial charge in [0.25, 0.3) is 0 Å². The lowest BCUT2D eigenvalue weighted by molar-refractivity contribution is 0.198. The van der Waals surface area contributed by atoms with Crippen molar-refractivity contribution in [2.24, 2.45) is 0 Å². The van der Waals surface area contributed by atoms with Crippen molar-refractivity contribution in [1.82, 2.24) is 0 Å². The molecule has 4 heteroatoms. The third-order valence-corrected chi connectivity index (χ3v) is 3.87. The first-order valence-electron chi connectivity index (χ1n) is 6.53. The van der Waals surface area contributed by atoms with Crippen molar-refractivity contribution in [2.45, 2.75) is 20.0 Å². The van der Waals surface area contributed by atoms with E-state index >= 15 is 0 Å². The van der Waals surface area contributed by atoms with Crippen LogP contribution in [0.2, 0.25) is 0 Å². The number of aliphatic hydroxyl groups excluding tert-OH is 1. The normalized spacial score (nSPS) is 12.2. The standard InChI is InChI=1S/C16H17BrFNO/c1-3-19(13-6-4-5-12(18)9-13)14-7-8-15(11(2)20)16(17)10-14/h4-11,20H,3H2,1-2H3/t11-/m1/s1. The molecule has 0 saturated heterocycles. The van der Waals surface area contributed by atoms with Crippen LogP contribution in [0.25, 0.3) is 0 Å². The molecule has 106 valence electrons. The van der Waals surface area contributed by atoms with Crippen LogP contribution in [0.5, 0.6) is 0 Å². The van der Waals surface area contributed by atoms with E-state index in [1.807, 2.05) is 36.1 Å². The lowest BCUT2D eigenvalue weighted by atomic mass is 10.1. The Labute approximate surface area is 127 Å². The van der Waals surface area contributed by atoms with E-state index in [0.717, 1.165) is 28.0 Å². The maximum absolute atomic E-state index is 13.4. The minimum Gasteiger partial charge on any atom is -0.389 e. The molecule has 0 radical (unpaired) electrons. The Hall–Kier alpha value is -1.39. The topological polar surface area (TPSA) is 23.5 Å². The van der Waals surface area contributed by atoms with Crippen LogP contribution in [0.4, 0.5) is 15.8 Å². The van der Waals surface area contributed by atoms with Gasteiger partial charge in [0, 0.05) is 22.4 Å². The largest absolute Gasteiger partial charge is 0.389 e. The average Bonchev–Trinajstić information content (AvgIpc) is 2.39. The molecule has 1 N–H and O–H groups in total. The van der Waals surface area contributed by atoms with Crippen LogP contribution in [-0.4, -0.2) is 11.7 Å². The van der Waals surface area contributed by atoms with Gasteiger partial charge >= 0.3 is 0 Å². The molecule has 0 aliphatic rings.